The lowest BCUT2D eigenvalue weighted by atomic mass is 9.96. The summed E-state index contributed by atoms with van der Waals surface area (Å²) in [5.41, 5.74) is 4.97. The number of amides is 2. The monoisotopic (exact) mass is 394 g/mol. The smallest absolute Gasteiger partial charge is 0.309 e. The Labute approximate surface area is 172 Å². The van der Waals surface area contributed by atoms with Gasteiger partial charge in [-0.05, 0) is 42.2 Å². The second kappa shape index (κ2) is 9.56. The first-order valence-corrected chi connectivity index (χ1v) is 10.1. The van der Waals surface area contributed by atoms with Gasteiger partial charge >= 0.3 is 11.8 Å². The summed E-state index contributed by atoms with van der Waals surface area (Å²) in [6.45, 7) is 4.36. The first kappa shape index (κ1) is 20.9. The molecule has 1 aliphatic rings. The van der Waals surface area contributed by atoms with Crippen molar-refractivity contribution >= 4 is 17.5 Å². The normalized spacial score (nSPS) is 14.6. The Bertz CT molecular complexity index is 848. The molecule has 3 rings (SSSR count). The van der Waals surface area contributed by atoms with Crippen LogP contribution in [0.25, 0.3) is 0 Å². The van der Waals surface area contributed by atoms with E-state index in [9.17, 15) is 9.59 Å². The standard InChI is InChI=1S/C23H30N4O2/c1-4-24-22(28)23(29)25-15-21(18-9-11-20(12-10-18)26(2)3)27-14-13-17-7-5-6-8-19(17)16-27/h5-12,21H,4,13-16H2,1-3H3,(H,24,28)(H,25,29). The molecule has 6 nitrogen and oxygen atoms in total. The van der Waals surface area contributed by atoms with Crippen molar-refractivity contribution < 1.29 is 9.59 Å². The highest BCUT2D eigenvalue weighted by atomic mass is 16.2. The zero-order chi connectivity index (χ0) is 20.8. The Balaban J connectivity index is 1.80. The molecular formula is C23H30N4O2. The fourth-order valence-electron chi connectivity index (χ4n) is 3.75. The molecule has 2 aromatic rings. The first-order chi connectivity index (χ1) is 14.0. The van der Waals surface area contributed by atoms with Crippen LogP contribution < -0.4 is 15.5 Å². The minimum absolute atomic E-state index is 0.00190. The van der Waals surface area contributed by atoms with Crippen LogP contribution >= 0.6 is 0 Å². The van der Waals surface area contributed by atoms with Crippen LogP contribution in [0.15, 0.2) is 48.5 Å². The van der Waals surface area contributed by atoms with Gasteiger partial charge in [-0.15, -0.1) is 0 Å². The molecule has 0 fully saturated rings. The predicted octanol–water partition coefficient (Wildman–Crippen LogP) is 2.10. The van der Waals surface area contributed by atoms with Crippen molar-refractivity contribution in [3.8, 4) is 0 Å². The second-order valence-corrected chi connectivity index (χ2v) is 7.56. The van der Waals surface area contributed by atoms with E-state index in [-0.39, 0.29) is 6.04 Å². The molecule has 0 spiro atoms. The van der Waals surface area contributed by atoms with Crippen LogP contribution in [-0.4, -0.2) is 50.4 Å². The number of fused-ring (bicyclic) bond motifs is 1. The maximum Gasteiger partial charge on any atom is 0.309 e. The zero-order valence-corrected chi connectivity index (χ0v) is 17.4. The Kier molecular flexibility index (Phi) is 6.88. The van der Waals surface area contributed by atoms with E-state index >= 15 is 0 Å². The third kappa shape index (κ3) is 5.15. The SMILES string of the molecule is CCNC(=O)C(=O)NCC(c1ccc(N(C)C)cc1)N1CCc2ccccc2C1. The van der Waals surface area contributed by atoms with Crippen molar-refractivity contribution in [2.75, 3.05) is 38.6 Å². The molecule has 0 aliphatic carbocycles. The highest BCUT2D eigenvalue weighted by Crippen LogP contribution is 2.28. The van der Waals surface area contributed by atoms with Crippen molar-refractivity contribution in [2.24, 2.45) is 0 Å². The van der Waals surface area contributed by atoms with Gasteiger partial charge in [0.1, 0.15) is 0 Å². The number of nitrogens with one attached hydrogen (secondary N) is 2. The molecule has 6 heteroatoms. The second-order valence-electron chi connectivity index (χ2n) is 7.56. The largest absolute Gasteiger partial charge is 0.378 e. The lowest BCUT2D eigenvalue weighted by Gasteiger charge is -2.36. The number of nitrogens with zero attached hydrogens (tertiary/aromatic N) is 2. The average molecular weight is 395 g/mol. The molecule has 2 aromatic carbocycles. The number of benzene rings is 2. The van der Waals surface area contributed by atoms with Crippen LogP contribution in [0.1, 0.15) is 29.7 Å². The van der Waals surface area contributed by atoms with Gasteiger partial charge in [0.25, 0.3) is 0 Å². The van der Waals surface area contributed by atoms with Gasteiger partial charge in [-0.25, -0.2) is 0 Å². The van der Waals surface area contributed by atoms with Gasteiger partial charge < -0.3 is 15.5 Å². The van der Waals surface area contributed by atoms with Gasteiger partial charge in [0.05, 0.1) is 6.04 Å². The predicted molar refractivity (Wildman–Crippen MR) is 116 cm³/mol. The van der Waals surface area contributed by atoms with Gasteiger partial charge in [0.15, 0.2) is 0 Å². The van der Waals surface area contributed by atoms with Gasteiger partial charge in [0.2, 0.25) is 0 Å². The van der Waals surface area contributed by atoms with Crippen molar-refractivity contribution in [1.29, 1.82) is 0 Å². The minimum Gasteiger partial charge on any atom is -0.378 e. The molecule has 1 unspecified atom stereocenters. The van der Waals surface area contributed by atoms with E-state index in [0.29, 0.717) is 13.1 Å². The summed E-state index contributed by atoms with van der Waals surface area (Å²) in [5, 5.41) is 5.37. The van der Waals surface area contributed by atoms with E-state index in [1.54, 1.807) is 6.92 Å². The Morgan fingerprint density at radius 1 is 1.00 bits per heavy atom. The lowest BCUT2D eigenvalue weighted by molar-refractivity contribution is -0.139. The van der Waals surface area contributed by atoms with E-state index in [1.165, 1.54) is 11.1 Å². The van der Waals surface area contributed by atoms with Gasteiger partial charge in [0, 0.05) is 46.0 Å². The summed E-state index contributed by atoms with van der Waals surface area (Å²) < 4.78 is 0. The molecule has 1 heterocycles. The quantitative estimate of drug-likeness (QED) is 0.737. The molecule has 0 bridgehead atoms. The Hall–Kier alpha value is -2.86. The van der Waals surface area contributed by atoms with Crippen molar-refractivity contribution in [3.63, 3.8) is 0 Å². The maximum absolute atomic E-state index is 12.1. The summed E-state index contributed by atoms with van der Waals surface area (Å²) >= 11 is 0. The van der Waals surface area contributed by atoms with Gasteiger partial charge in [-0.1, -0.05) is 36.4 Å². The van der Waals surface area contributed by atoms with Crippen LogP contribution in [0.3, 0.4) is 0 Å². The fraction of sp³-hybridized carbons (Fsp3) is 0.391. The molecule has 2 amide bonds. The summed E-state index contributed by atoms with van der Waals surface area (Å²) in [6.07, 6.45) is 0.979. The Morgan fingerprint density at radius 3 is 2.31 bits per heavy atom. The fourth-order valence-corrected chi connectivity index (χ4v) is 3.75. The maximum atomic E-state index is 12.1. The number of hydrogen-bond acceptors (Lipinski definition) is 4. The van der Waals surface area contributed by atoms with E-state index in [2.05, 4.69) is 69.0 Å². The topological polar surface area (TPSA) is 64.7 Å². The first-order valence-electron chi connectivity index (χ1n) is 10.1. The molecule has 0 aromatic heterocycles. The Morgan fingerprint density at radius 2 is 1.66 bits per heavy atom. The summed E-state index contributed by atoms with van der Waals surface area (Å²) in [7, 11) is 4.03. The molecule has 154 valence electrons. The highest BCUT2D eigenvalue weighted by Gasteiger charge is 2.26. The highest BCUT2D eigenvalue weighted by molar-refractivity contribution is 6.35. The molecule has 29 heavy (non-hydrogen) atoms. The van der Waals surface area contributed by atoms with E-state index in [0.717, 1.165) is 30.8 Å². The van der Waals surface area contributed by atoms with Crippen LogP contribution in [0, 0.1) is 0 Å². The van der Waals surface area contributed by atoms with Crippen molar-refractivity contribution in [1.82, 2.24) is 15.5 Å². The molecule has 1 aliphatic heterocycles. The van der Waals surface area contributed by atoms with Crippen LogP contribution in [0.5, 0.6) is 0 Å². The van der Waals surface area contributed by atoms with E-state index < -0.39 is 11.8 Å². The molecule has 2 N–H and O–H groups in total. The number of hydrogen-bond donors (Lipinski definition) is 2. The number of carbonyl (C=O) groups excluding carboxylic acids is 2. The zero-order valence-electron chi connectivity index (χ0n) is 17.4. The molecule has 0 saturated carbocycles. The molecule has 0 radical (unpaired) electrons. The van der Waals surface area contributed by atoms with Crippen LogP contribution in [0.2, 0.25) is 0 Å². The number of carbonyl (C=O) groups is 2. The van der Waals surface area contributed by atoms with E-state index in [4.69, 9.17) is 0 Å². The summed E-state index contributed by atoms with van der Waals surface area (Å²) in [6, 6.07) is 16.9. The van der Waals surface area contributed by atoms with E-state index in [1.807, 2.05) is 14.1 Å². The summed E-state index contributed by atoms with van der Waals surface area (Å²) in [4.78, 5) is 28.4. The average Bonchev–Trinajstić information content (AvgIpc) is 2.74. The number of likely N-dealkylation sites (N-methyl/N-ethyl adjacent to an activating group) is 1. The van der Waals surface area contributed by atoms with Gasteiger partial charge in [-0.2, -0.15) is 0 Å². The molecular weight excluding hydrogens is 364 g/mol. The number of anilines is 1. The third-order valence-electron chi connectivity index (χ3n) is 5.39. The van der Waals surface area contributed by atoms with Crippen molar-refractivity contribution in [2.45, 2.75) is 25.9 Å². The van der Waals surface area contributed by atoms with Crippen molar-refractivity contribution in [3.05, 3.63) is 65.2 Å². The van der Waals surface area contributed by atoms with Gasteiger partial charge in [-0.3, -0.25) is 14.5 Å². The lowest BCUT2D eigenvalue weighted by Crippen LogP contribution is -2.45. The van der Waals surface area contributed by atoms with Crippen LogP contribution in [-0.2, 0) is 22.6 Å². The molecule has 1 atom stereocenters. The third-order valence-corrected chi connectivity index (χ3v) is 5.39. The molecule has 0 saturated heterocycles. The van der Waals surface area contributed by atoms with Crippen LogP contribution in [0.4, 0.5) is 5.69 Å². The number of rotatable bonds is 6. The minimum atomic E-state index is -0.585. The summed E-state index contributed by atoms with van der Waals surface area (Å²) in [5.74, 6) is -1.17.